The summed E-state index contributed by atoms with van der Waals surface area (Å²) in [7, 11) is 1.31. The van der Waals surface area contributed by atoms with Gasteiger partial charge >= 0.3 is 5.97 Å². The summed E-state index contributed by atoms with van der Waals surface area (Å²) in [6, 6.07) is 17.6. The topological polar surface area (TPSA) is 107 Å². The molecule has 1 aliphatic rings. The number of carbonyl (C=O) groups is 3. The third-order valence-electron chi connectivity index (χ3n) is 5.77. The minimum absolute atomic E-state index is 0.0621. The van der Waals surface area contributed by atoms with Crippen molar-refractivity contribution >= 4 is 52.2 Å². The number of ether oxygens (including phenoxy) is 3. The van der Waals surface area contributed by atoms with Crippen molar-refractivity contribution < 1.29 is 33.0 Å². The molecular weight excluding hydrogens is 549 g/mol. The summed E-state index contributed by atoms with van der Waals surface area (Å²) < 4.78 is 30.0. The van der Waals surface area contributed by atoms with Gasteiger partial charge in [-0.3, -0.25) is 14.5 Å². The number of carbonyl (C=O) groups excluding carboxylic acids is 3. The van der Waals surface area contributed by atoms with E-state index in [2.05, 4.69) is 10.3 Å². The van der Waals surface area contributed by atoms with Gasteiger partial charge in [0.1, 0.15) is 5.82 Å². The van der Waals surface area contributed by atoms with Gasteiger partial charge in [0.2, 0.25) is 0 Å². The highest BCUT2D eigenvalue weighted by molar-refractivity contribution is 8.18. The van der Waals surface area contributed by atoms with Crippen molar-refractivity contribution in [1.29, 1.82) is 0 Å². The van der Waals surface area contributed by atoms with E-state index in [4.69, 9.17) is 14.2 Å². The van der Waals surface area contributed by atoms with Crippen molar-refractivity contribution in [2.24, 2.45) is 4.99 Å². The molecule has 3 aromatic rings. The molecule has 1 aliphatic heterocycles. The minimum Gasteiger partial charge on any atom is -0.490 e. The van der Waals surface area contributed by atoms with E-state index in [1.165, 1.54) is 37.1 Å². The van der Waals surface area contributed by atoms with Crippen LogP contribution in [0.2, 0.25) is 0 Å². The summed E-state index contributed by atoms with van der Waals surface area (Å²) in [6.45, 7) is 4.06. The molecule has 0 radical (unpaired) electrons. The predicted octanol–water partition coefficient (Wildman–Crippen LogP) is 5.65. The highest BCUT2D eigenvalue weighted by Gasteiger charge is 2.32. The maximum atomic E-state index is 13.8. The molecule has 9 nitrogen and oxygen atoms in total. The quantitative estimate of drug-likeness (QED) is 0.245. The second-order valence-corrected chi connectivity index (χ2v) is 9.56. The second kappa shape index (κ2) is 13.6. The molecular formula is C30H28FN3O6S. The Morgan fingerprint density at radius 2 is 1.83 bits per heavy atom. The number of likely N-dealkylation sites (N-methyl/N-ethyl adjacent to an activating group) is 1. The van der Waals surface area contributed by atoms with Crippen molar-refractivity contribution in [2.45, 2.75) is 13.8 Å². The fourth-order valence-corrected chi connectivity index (χ4v) is 4.91. The average Bonchev–Trinajstić information content (AvgIpc) is 3.26. The van der Waals surface area contributed by atoms with E-state index >= 15 is 0 Å². The van der Waals surface area contributed by atoms with E-state index in [1.807, 2.05) is 13.8 Å². The number of hydrogen-bond acceptors (Lipinski definition) is 8. The van der Waals surface area contributed by atoms with Gasteiger partial charge in [-0.15, -0.1) is 0 Å². The molecule has 0 aliphatic carbocycles. The lowest BCUT2D eigenvalue weighted by molar-refractivity contribution is -0.122. The number of para-hydroxylation sites is 1. The summed E-state index contributed by atoms with van der Waals surface area (Å²) in [4.78, 5) is 43.9. The van der Waals surface area contributed by atoms with Crippen LogP contribution in [-0.2, 0) is 14.3 Å². The molecule has 2 amide bonds. The summed E-state index contributed by atoms with van der Waals surface area (Å²) in [5.74, 6) is -1.04. The summed E-state index contributed by atoms with van der Waals surface area (Å²) in [6.07, 6.45) is 1.72. The van der Waals surface area contributed by atoms with Crippen molar-refractivity contribution in [1.82, 2.24) is 4.90 Å². The molecule has 1 saturated heterocycles. The van der Waals surface area contributed by atoms with Crippen LogP contribution in [0.5, 0.6) is 11.5 Å². The molecule has 212 valence electrons. The van der Waals surface area contributed by atoms with Gasteiger partial charge in [-0.2, -0.15) is 0 Å². The third-order valence-corrected chi connectivity index (χ3v) is 6.78. The average molecular weight is 578 g/mol. The number of aliphatic imine (C=N–C) groups is 1. The Morgan fingerprint density at radius 3 is 2.56 bits per heavy atom. The minimum atomic E-state index is -0.544. The summed E-state index contributed by atoms with van der Waals surface area (Å²) in [5, 5.41) is 2.95. The Morgan fingerprint density at radius 1 is 1.02 bits per heavy atom. The van der Waals surface area contributed by atoms with Crippen LogP contribution < -0.4 is 14.8 Å². The lowest BCUT2D eigenvalue weighted by Crippen LogP contribution is -2.28. The number of hydrogen-bond donors (Lipinski definition) is 1. The Bertz CT molecular complexity index is 1520. The molecule has 4 rings (SSSR count). The van der Waals surface area contributed by atoms with Gasteiger partial charge in [0.25, 0.3) is 11.8 Å². The predicted molar refractivity (Wildman–Crippen MR) is 156 cm³/mol. The van der Waals surface area contributed by atoms with Gasteiger partial charge < -0.3 is 19.5 Å². The molecule has 0 saturated carbocycles. The fraction of sp³-hybridized carbons (Fsp3) is 0.200. The van der Waals surface area contributed by atoms with E-state index in [-0.39, 0.29) is 18.2 Å². The van der Waals surface area contributed by atoms with Crippen molar-refractivity contribution in [2.75, 3.05) is 32.2 Å². The molecule has 0 aromatic heterocycles. The van der Waals surface area contributed by atoms with E-state index in [1.54, 1.807) is 59.5 Å². The summed E-state index contributed by atoms with van der Waals surface area (Å²) >= 11 is 1.22. The van der Waals surface area contributed by atoms with Crippen LogP contribution >= 0.6 is 11.8 Å². The van der Waals surface area contributed by atoms with E-state index in [9.17, 15) is 18.8 Å². The smallest absolute Gasteiger partial charge is 0.337 e. The Hall–Kier alpha value is -4.64. The number of amides is 2. The van der Waals surface area contributed by atoms with Crippen LogP contribution in [0, 0.1) is 5.82 Å². The SMILES string of the molecule is CCOc1cc(C=C2SC(=Nc3cccc(C(=O)OC)c3)N(CC)C2=O)ccc1OCC(=O)Nc1ccccc1F. The number of anilines is 1. The number of thioether (sulfide) groups is 1. The van der Waals surface area contributed by atoms with Gasteiger partial charge in [0.15, 0.2) is 23.3 Å². The Kier molecular flexibility index (Phi) is 9.75. The monoisotopic (exact) mass is 577 g/mol. The van der Waals surface area contributed by atoms with Crippen LogP contribution in [0.3, 0.4) is 0 Å². The Balaban J connectivity index is 1.51. The first-order valence-electron chi connectivity index (χ1n) is 12.8. The number of halogens is 1. The lowest BCUT2D eigenvalue weighted by Gasteiger charge is -2.13. The molecule has 1 N–H and O–H groups in total. The molecule has 3 aromatic carbocycles. The van der Waals surface area contributed by atoms with Gasteiger partial charge in [0.05, 0.1) is 35.6 Å². The Labute approximate surface area is 241 Å². The van der Waals surface area contributed by atoms with Crippen molar-refractivity contribution in [3.63, 3.8) is 0 Å². The highest BCUT2D eigenvalue weighted by atomic mass is 32.2. The first kappa shape index (κ1) is 29.3. The number of nitrogens with one attached hydrogen (secondary N) is 1. The van der Waals surface area contributed by atoms with E-state index in [0.717, 1.165) is 0 Å². The van der Waals surface area contributed by atoms with Crippen LogP contribution in [0.15, 0.2) is 76.6 Å². The molecule has 0 bridgehead atoms. The molecule has 0 unspecified atom stereocenters. The summed E-state index contributed by atoms with van der Waals surface area (Å²) in [5.41, 5.74) is 1.62. The molecule has 11 heteroatoms. The number of methoxy groups -OCH3 is 1. The zero-order valence-corrected chi connectivity index (χ0v) is 23.5. The third kappa shape index (κ3) is 7.31. The molecule has 0 spiro atoms. The normalized spacial score (nSPS) is 14.8. The van der Waals surface area contributed by atoms with Crippen LogP contribution in [0.25, 0.3) is 6.08 Å². The van der Waals surface area contributed by atoms with Gasteiger partial charge in [0, 0.05) is 6.54 Å². The molecule has 1 heterocycles. The number of nitrogens with zero attached hydrogens (tertiary/aromatic N) is 2. The number of esters is 1. The number of amidine groups is 1. The maximum Gasteiger partial charge on any atom is 0.337 e. The first-order valence-corrected chi connectivity index (χ1v) is 13.6. The second-order valence-electron chi connectivity index (χ2n) is 8.55. The zero-order chi connectivity index (χ0) is 29.4. The van der Waals surface area contributed by atoms with E-state index < -0.39 is 17.7 Å². The van der Waals surface area contributed by atoms with Gasteiger partial charge in [-0.1, -0.05) is 24.3 Å². The number of benzene rings is 3. The van der Waals surface area contributed by atoms with Crippen molar-refractivity contribution in [3.05, 3.63) is 88.6 Å². The fourth-order valence-electron chi connectivity index (χ4n) is 3.85. The largest absolute Gasteiger partial charge is 0.490 e. The first-order chi connectivity index (χ1) is 19.8. The molecule has 41 heavy (non-hydrogen) atoms. The number of rotatable bonds is 10. The van der Waals surface area contributed by atoms with E-state index in [0.29, 0.717) is 51.5 Å². The molecule has 1 fully saturated rings. The molecule has 0 atom stereocenters. The zero-order valence-electron chi connectivity index (χ0n) is 22.7. The van der Waals surface area contributed by atoms with Gasteiger partial charge in [-0.05, 0) is 79.7 Å². The highest BCUT2D eigenvalue weighted by Crippen LogP contribution is 2.36. The van der Waals surface area contributed by atoms with Crippen LogP contribution in [-0.4, -0.2) is 54.7 Å². The van der Waals surface area contributed by atoms with Crippen molar-refractivity contribution in [3.8, 4) is 11.5 Å². The lowest BCUT2D eigenvalue weighted by atomic mass is 10.2. The standard InChI is InChI=1S/C30H28FN3O6S/c1-4-34-28(36)26(41-30(34)32-21-10-8-9-20(17-21)29(37)38-3)16-19-13-14-24(25(15-19)39-5-2)40-18-27(35)33-23-12-7-6-11-22(23)31/h6-17H,4-5,18H2,1-3H3,(H,33,35). The van der Waals surface area contributed by atoms with Crippen LogP contribution in [0.4, 0.5) is 15.8 Å². The maximum absolute atomic E-state index is 13.8. The van der Waals surface area contributed by atoms with Crippen LogP contribution in [0.1, 0.15) is 29.8 Å². The van der Waals surface area contributed by atoms with Gasteiger partial charge in [-0.25, -0.2) is 14.2 Å².